The molecule has 0 unspecified atom stereocenters. The van der Waals surface area contributed by atoms with Gasteiger partial charge in [0.25, 0.3) is 0 Å². The van der Waals surface area contributed by atoms with E-state index in [1.54, 1.807) is 0 Å². The highest BCUT2D eigenvalue weighted by Gasteiger charge is 1.99. The van der Waals surface area contributed by atoms with Gasteiger partial charge in [0, 0.05) is 0 Å². The molecule has 12 heavy (non-hydrogen) atoms. The normalized spacial score (nSPS) is 9.33. The highest BCUT2D eigenvalue weighted by Crippen LogP contribution is 1.99. The number of nitrogens with one attached hydrogen (secondary N) is 2. The van der Waals surface area contributed by atoms with E-state index >= 15 is 0 Å². The van der Waals surface area contributed by atoms with Crippen LogP contribution >= 0.6 is 0 Å². The molecule has 0 aliphatic heterocycles. The highest BCUT2D eigenvalue weighted by atomic mass is 16.2. The van der Waals surface area contributed by atoms with Crippen molar-refractivity contribution in [1.29, 1.82) is 0 Å². The van der Waals surface area contributed by atoms with Crippen LogP contribution in [0.5, 0.6) is 0 Å². The van der Waals surface area contributed by atoms with E-state index in [-0.39, 0.29) is 0 Å². The second-order valence-electron chi connectivity index (χ2n) is 2.14. The van der Waals surface area contributed by atoms with E-state index in [1.807, 2.05) is 0 Å². The molecule has 1 aromatic rings. The van der Waals surface area contributed by atoms with Crippen molar-refractivity contribution in [1.82, 2.24) is 9.97 Å². The van der Waals surface area contributed by atoms with Gasteiger partial charge in [0.2, 0.25) is 0 Å². The van der Waals surface area contributed by atoms with Crippen molar-refractivity contribution < 1.29 is 0 Å². The standard InChI is InChI=1S/C8H8N2O2/c1-3-5-6(4-2)10-8(12)7(11)9-5/h3-4H,1-2H2,(H,9,11)(H,10,12). The summed E-state index contributed by atoms with van der Waals surface area (Å²) in [6, 6.07) is 0. The third kappa shape index (κ3) is 1.27. The van der Waals surface area contributed by atoms with Crippen LogP contribution in [0.2, 0.25) is 0 Å². The summed E-state index contributed by atoms with van der Waals surface area (Å²) < 4.78 is 0. The van der Waals surface area contributed by atoms with Crippen molar-refractivity contribution in [2.24, 2.45) is 0 Å². The zero-order valence-corrected chi connectivity index (χ0v) is 6.39. The minimum Gasteiger partial charge on any atom is -0.316 e. The first-order valence-electron chi connectivity index (χ1n) is 3.30. The molecule has 0 fully saturated rings. The molecule has 1 rings (SSSR count). The first kappa shape index (κ1) is 8.26. The smallest absolute Gasteiger partial charge is 0.314 e. The molecule has 0 aromatic carbocycles. The Bertz CT molecular complexity index is 384. The van der Waals surface area contributed by atoms with E-state index in [1.165, 1.54) is 12.2 Å². The summed E-state index contributed by atoms with van der Waals surface area (Å²) in [6.45, 7) is 6.94. The average molecular weight is 164 g/mol. The maximum atomic E-state index is 10.8. The van der Waals surface area contributed by atoms with Gasteiger partial charge < -0.3 is 9.97 Å². The molecule has 0 amide bonds. The predicted octanol–water partition coefficient (Wildman–Crippen LogP) is 0.349. The minimum absolute atomic E-state index is 0.467. The SMILES string of the molecule is C=Cc1[nH]c(=O)c(=O)[nH]c1C=C. The van der Waals surface area contributed by atoms with Crippen LogP contribution in [0.15, 0.2) is 22.7 Å². The molecule has 4 heteroatoms. The van der Waals surface area contributed by atoms with E-state index in [4.69, 9.17) is 0 Å². The molecule has 0 saturated carbocycles. The molecular weight excluding hydrogens is 156 g/mol. The summed E-state index contributed by atoms with van der Waals surface area (Å²) in [6.07, 6.45) is 2.88. The van der Waals surface area contributed by atoms with Crippen molar-refractivity contribution in [3.63, 3.8) is 0 Å². The Balaban J connectivity index is 3.60. The zero-order chi connectivity index (χ0) is 9.14. The summed E-state index contributed by atoms with van der Waals surface area (Å²) >= 11 is 0. The topological polar surface area (TPSA) is 65.7 Å². The second-order valence-corrected chi connectivity index (χ2v) is 2.14. The second kappa shape index (κ2) is 3.04. The Labute approximate surface area is 68.3 Å². The molecule has 0 aliphatic rings. The van der Waals surface area contributed by atoms with E-state index < -0.39 is 11.1 Å². The molecule has 0 radical (unpaired) electrons. The minimum atomic E-state index is -0.685. The molecular formula is C8H8N2O2. The van der Waals surface area contributed by atoms with Gasteiger partial charge in [-0.2, -0.15) is 0 Å². The summed E-state index contributed by atoms with van der Waals surface area (Å²) in [4.78, 5) is 26.3. The van der Waals surface area contributed by atoms with Gasteiger partial charge in [-0.15, -0.1) is 0 Å². The monoisotopic (exact) mass is 164 g/mol. The Kier molecular flexibility index (Phi) is 2.09. The van der Waals surface area contributed by atoms with Crippen LogP contribution < -0.4 is 11.1 Å². The fourth-order valence-electron chi connectivity index (χ4n) is 0.815. The first-order valence-corrected chi connectivity index (χ1v) is 3.30. The van der Waals surface area contributed by atoms with Crippen molar-refractivity contribution in [2.45, 2.75) is 0 Å². The van der Waals surface area contributed by atoms with Gasteiger partial charge in [-0.05, 0) is 12.2 Å². The number of H-pyrrole nitrogens is 2. The maximum Gasteiger partial charge on any atom is 0.314 e. The Morgan fingerprint density at radius 2 is 1.25 bits per heavy atom. The summed E-state index contributed by atoms with van der Waals surface area (Å²) in [5.41, 5.74) is -0.435. The van der Waals surface area contributed by atoms with Crippen LogP contribution in [0.3, 0.4) is 0 Å². The molecule has 0 aliphatic carbocycles. The van der Waals surface area contributed by atoms with Crippen molar-refractivity contribution in [2.75, 3.05) is 0 Å². The van der Waals surface area contributed by atoms with Crippen LogP contribution in [0.1, 0.15) is 11.4 Å². The summed E-state index contributed by atoms with van der Waals surface area (Å²) in [7, 11) is 0. The lowest BCUT2D eigenvalue weighted by molar-refractivity contribution is 1.05. The lowest BCUT2D eigenvalue weighted by atomic mass is 10.3. The van der Waals surface area contributed by atoms with Crippen LogP contribution in [0.4, 0.5) is 0 Å². The molecule has 2 N–H and O–H groups in total. The Hall–Kier alpha value is -1.84. The number of aromatic amines is 2. The van der Waals surface area contributed by atoms with Crippen LogP contribution in [-0.2, 0) is 0 Å². The fraction of sp³-hybridized carbons (Fsp3) is 0. The van der Waals surface area contributed by atoms with E-state index in [0.717, 1.165) is 0 Å². The molecule has 4 nitrogen and oxygen atoms in total. The predicted molar refractivity (Wildman–Crippen MR) is 47.9 cm³/mol. The Morgan fingerprint density at radius 3 is 1.50 bits per heavy atom. The van der Waals surface area contributed by atoms with Gasteiger partial charge in [0.1, 0.15) is 0 Å². The molecule has 62 valence electrons. The molecule has 0 spiro atoms. The van der Waals surface area contributed by atoms with Gasteiger partial charge in [-0.3, -0.25) is 9.59 Å². The van der Waals surface area contributed by atoms with Crippen molar-refractivity contribution in [3.05, 3.63) is 45.3 Å². The number of hydrogen-bond donors (Lipinski definition) is 2. The van der Waals surface area contributed by atoms with Gasteiger partial charge in [-0.1, -0.05) is 13.2 Å². The van der Waals surface area contributed by atoms with Gasteiger partial charge in [-0.25, -0.2) is 0 Å². The number of rotatable bonds is 2. The lowest BCUT2D eigenvalue weighted by Gasteiger charge is -1.97. The fourth-order valence-corrected chi connectivity index (χ4v) is 0.815. The van der Waals surface area contributed by atoms with Crippen molar-refractivity contribution in [3.8, 4) is 0 Å². The highest BCUT2D eigenvalue weighted by molar-refractivity contribution is 5.56. The molecule has 1 aromatic heterocycles. The lowest BCUT2D eigenvalue weighted by Crippen LogP contribution is -2.30. The zero-order valence-electron chi connectivity index (χ0n) is 6.39. The largest absolute Gasteiger partial charge is 0.316 e. The van der Waals surface area contributed by atoms with Crippen LogP contribution in [0, 0.1) is 0 Å². The molecule has 0 atom stereocenters. The number of aromatic nitrogens is 2. The van der Waals surface area contributed by atoms with E-state index in [0.29, 0.717) is 11.4 Å². The molecule has 0 bridgehead atoms. The van der Waals surface area contributed by atoms with Crippen LogP contribution in [0.25, 0.3) is 12.2 Å². The maximum absolute atomic E-state index is 10.8. The molecule has 1 heterocycles. The summed E-state index contributed by atoms with van der Waals surface area (Å²) in [5.74, 6) is 0. The Morgan fingerprint density at radius 1 is 0.917 bits per heavy atom. The quantitative estimate of drug-likeness (QED) is 0.619. The number of hydrogen-bond acceptors (Lipinski definition) is 2. The first-order chi connectivity index (χ1) is 5.69. The van der Waals surface area contributed by atoms with E-state index in [9.17, 15) is 9.59 Å². The van der Waals surface area contributed by atoms with Gasteiger partial charge >= 0.3 is 11.1 Å². The van der Waals surface area contributed by atoms with E-state index in [2.05, 4.69) is 23.1 Å². The third-order valence-electron chi connectivity index (χ3n) is 1.40. The summed E-state index contributed by atoms with van der Waals surface area (Å²) in [5, 5.41) is 0. The average Bonchev–Trinajstić information content (AvgIpc) is 2.09. The third-order valence-corrected chi connectivity index (χ3v) is 1.40. The van der Waals surface area contributed by atoms with Gasteiger partial charge in [0.15, 0.2) is 0 Å². The van der Waals surface area contributed by atoms with Crippen molar-refractivity contribution >= 4 is 12.2 Å². The van der Waals surface area contributed by atoms with Gasteiger partial charge in [0.05, 0.1) is 11.4 Å². The van der Waals surface area contributed by atoms with Crippen LogP contribution in [-0.4, -0.2) is 9.97 Å². The molecule has 0 saturated heterocycles.